The Hall–Kier alpha value is -1.18. The number of hydrogen-bond donors (Lipinski definition) is 1. The lowest BCUT2D eigenvalue weighted by molar-refractivity contribution is -0.0480. The van der Waals surface area contributed by atoms with Gasteiger partial charge in [-0.3, -0.25) is 0 Å². The van der Waals surface area contributed by atoms with Crippen molar-refractivity contribution in [2.75, 3.05) is 26.0 Å². The first-order chi connectivity index (χ1) is 8.97. The molecule has 1 aliphatic heterocycles. The van der Waals surface area contributed by atoms with Crippen molar-refractivity contribution in [2.45, 2.75) is 24.0 Å². The maximum atomic E-state index is 11.6. The maximum Gasteiger partial charge on any atom is 0.232 e. The molecule has 0 bridgehead atoms. The Labute approximate surface area is 113 Å². The standard InChI is InChI=1S/C12H18N2O4S/c1-9-6-13-7-10(18-9)8-17-12-11(19(2,15)16)4-3-5-14-12/h3-5,9-10,13H,6-8H2,1-2H3. The zero-order valence-electron chi connectivity index (χ0n) is 11.0. The van der Waals surface area contributed by atoms with Gasteiger partial charge >= 0.3 is 0 Å². The Kier molecular flexibility index (Phi) is 4.38. The van der Waals surface area contributed by atoms with Gasteiger partial charge < -0.3 is 14.8 Å². The van der Waals surface area contributed by atoms with Crippen LogP contribution in [0.25, 0.3) is 0 Å². The molecule has 2 rings (SSSR count). The van der Waals surface area contributed by atoms with Gasteiger partial charge in [0.15, 0.2) is 9.84 Å². The third-order valence-corrected chi connectivity index (χ3v) is 3.88. The van der Waals surface area contributed by atoms with Crippen LogP contribution in [-0.2, 0) is 14.6 Å². The van der Waals surface area contributed by atoms with E-state index in [1.807, 2.05) is 6.92 Å². The van der Waals surface area contributed by atoms with Gasteiger partial charge in [-0.15, -0.1) is 0 Å². The summed E-state index contributed by atoms with van der Waals surface area (Å²) in [6.45, 7) is 3.75. The highest BCUT2D eigenvalue weighted by atomic mass is 32.2. The van der Waals surface area contributed by atoms with Crippen molar-refractivity contribution in [2.24, 2.45) is 0 Å². The summed E-state index contributed by atoms with van der Waals surface area (Å²) < 4.78 is 34.4. The minimum Gasteiger partial charge on any atom is -0.474 e. The van der Waals surface area contributed by atoms with Crippen LogP contribution in [0.5, 0.6) is 5.88 Å². The molecule has 0 amide bonds. The third-order valence-electron chi connectivity index (χ3n) is 2.77. The van der Waals surface area contributed by atoms with E-state index in [2.05, 4.69) is 10.3 Å². The van der Waals surface area contributed by atoms with E-state index in [0.717, 1.165) is 12.8 Å². The fraction of sp³-hybridized carbons (Fsp3) is 0.583. The van der Waals surface area contributed by atoms with Gasteiger partial charge in [0.1, 0.15) is 17.6 Å². The fourth-order valence-electron chi connectivity index (χ4n) is 1.91. The van der Waals surface area contributed by atoms with Gasteiger partial charge in [-0.25, -0.2) is 13.4 Å². The topological polar surface area (TPSA) is 77.5 Å². The average molecular weight is 286 g/mol. The molecule has 2 heterocycles. The van der Waals surface area contributed by atoms with Crippen LogP contribution in [0.3, 0.4) is 0 Å². The lowest BCUT2D eigenvalue weighted by Gasteiger charge is -2.28. The molecule has 0 radical (unpaired) electrons. The van der Waals surface area contributed by atoms with E-state index in [1.165, 1.54) is 12.3 Å². The number of hydrogen-bond acceptors (Lipinski definition) is 6. The smallest absolute Gasteiger partial charge is 0.232 e. The number of ether oxygens (including phenoxy) is 2. The molecule has 0 saturated carbocycles. The highest BCUT2D eigenvalue weighted by Gasteiger charge is 2.21. The number of nitrogens with zero attached hydrogens (tertiary/aromatic N) is 1. The molecule has 2 atom stereocenters. The van der Waals surface area contributed by atoms with Crippen molar-refractivity contribution in [1.82, 2.24) is 10.3 Å². The molecule has 1 fully saturated rings. The monoisotopic (exact) mass is 286 g/mol. The first kappa shape index (κ1) is 14.2. The van der Waals surface area contributed by atoms with Crippen LogP contribution in [0.2, 0.25) is 0 Å². The first-order valence-electron chi connectivity index (χ1n) is 6.11. The molecular weight excluding hydrogens is 268 g/mol. The minimum atomic E-state index is -3.34. The largest absolute Gasteiger partial charge is 0.474 e. The van der Waals surface area contributed by atoms with E-state index in [9.17, 15) is 8.42 Å². The van der Waals surface area contributed by atoms with E-state index in [4.69, 9.17) is 9.47 Å². The summed E-state index contributed by atoms with van der Waals surface area (Å²) in [5.41, 5.74) is 0. The van der Waals surface area contributed by atoms with Crippen LogP contribution < -0.4 is 10.1 Å². The van der Waals surface area contributed by atoms with Crippen LogP contribution in [0.4, 0.5) is 0 Å². The maximum absolute atomic E-state index is 11.6. The average Bonchev–Trinajstić information content (AvgIpc) is 2.36. The molecule has 0 aliphatic carbocycles. The van der Waals surface area contributed by atoms with Gasteiger partial charge in [-0.1, -0.05) is 0 Å². The summed E-state index contributed by atoms with van der Waals surface area (Å²) in [4.78, 5) is 4.07. The Morgan fingerprint density at radius 2 is 2.32 bits per heavy atom. The molecule has 1 saturated heterocycles. The van der Waals surface area contributed by atoms with Crippen molar-refractivity contribution in [3.8, 4) is 5.88 Å². The normalized spacial score (nSPS) is 24.1. The summed E-state index contributed by atoms with van der Waals surface area (Å²) in [5, 5.41) is 3.22. The zero-order valence-corrected chi connectivity index (χ0v) is 11.8. The summed E-state index contributed by atoms with van der Waals surface area (Å²) in [5.74, 6) is 0.131. The Morgan fingerprint density at radius 3 is 3.00 bits per heavy atom. The van der Waals surface area contributed by atoms with Gasteiger partial charge in [0.25, 0.3) is 0 Å². The molecule has 0 spiro atoms. The number of aromatic nitrogens is 1. The Bertz CT molecular complexity index is 532. The van der Waals surface area contributed by atoms with Crippen LogP contribution in [-0.4, -0.2) is 51.6 Å². The van der Waals surface area contributed by atoms with E-state index in [-0.39, 0.29) is 29.6 Å². The lowest BCUT2D eigenvalue weighted by atomic mass is 10.2. The molecular formula is C12H18N2O4S. The number of sulfone groups is 1. The number of rotatable bonds is 4. The van der Waals surface area contributed by atoms with Gasteiger partial charge in [0.05, 0.1) is 6.10 Å². The lowest BCUT2D eigenvalue weighted by Crippen LogP contribution is -2.45. The second-order valence-electron chi connectivity index (χ2n) is 4.62. The van der Waals surface area contributed by atoms with Crippen LogP contribution in [0.15, 0.2) is 23.2 Å². The SMILES string of the molecule is CC1CNCC(COc2ncccc2S(C)(=O)=O)O1. The molecule has 7 heteroatoms. The Morgan fingerprint density at radius 1 is 1.53 bits per heavy atom. The third kappa shape index (κ3) is 3.89. The molecule has 1 aromatic rings. The number of nitrogens with one attached hydrogen (secondary N) is 1. The Balaban J connectivity index is 2.04. The van der Waals surface area contributed by atoms with Crippen molar-refractivity contribution in [3.63, 3.8) is 0 Å². The fourth-order valence-corrected chi connectivity index (χ4v) is 2.66. The van der Waals surface area contributed by atoms with E-state index in [1.54, 1.807) is 6.07 Å². The summed E-state index contributed by atoms with van der Waals surface area (Å²) >= 11 is 0. The van der Waals surface area contributed by atoms with Crippen molar-refractivity contribution in [1.29, 1.82) is 0 Å². The molecule has 1 aromatic heterocycles. The van der Waals surface area contributed by atoms with Crippen molar-refractivity contribution >= 4 is 9.84 Å². The molecule has 1 aliphatic rings. The van der Waals surface area contributed by atoms with E-state index in [0.29, 0.717) is 6.54 Å². The second kappa shape index (κ2) is 5.85. The summed E-state index contributed by atoms with van der Waals surface area (Å²) in [6, 6.07) is 3.06. The second-order valence-corrected chi connectivity index (χ2v) is 6.60. The first-order valence-corrected chi connectivity index (χ1v) is 8.00. The van der Waals surface area contributed by atoms with Gasteiger partial charge in [-0.05, 0) is 19.1 Å². The van der Waals surface area contributed by atoms with Crippen LogP contribution in [0, 0.1) is 0 Å². The van der Waals surface area contributed by atoms with Gasteiger partial charge in [-0.2, -0.15) is 0 Å². The number of pyridine rings is 1. The molecule has 1 N–H and O–H groups in total. The zero-order chi connectivity index (χ0) is 13.9. The molecule has 106 valence electrons. The number of morpholine rings is 1. The van der Waals surface area contributed by atoms with Gasteiger partial charge in [0, 0.05) is 25.5 Å². The van der Waals surface area contributed by atoms with Crippen LogP contribution >= 0.6 is 0 Å². The van der Waals surface area contributed by atoms with Crippen molar-refractivity contribution in [3.05, 3.63) is 18.3 Å². The van der Waals surface area contributed by atoms with Crippen LogP contribution in [0.1, 0.15) is 6.92 Å². The summed E-state index contributed by atoms with van der Waals surface area (Å²) in [6.07, 6.45) is 2.67. The predicted octanol–water partition coefficient (Wildman–Crippen LogP) is 0.241. The van der Waals surface area contributed by atoms with E-state index >= 15 is 0 Å². The van der Waals surface area contributed by atoms with Gasteiger partial charge in [0.2, 0.25) is 5.88 Å². The molecule has 0 aromatic carbocycles. The summed E-state index contributed by atoms with van der Waals surface area (Å²) in [7, 11) is -3.34. The predicted molar refractivity (Wildman–Crippen MR) is 70.0 cm³/mol. The molecule has 6 nitrogen and oxygen atoms in total. The quantitative estimate of drug-likeness (QED) is 0.854. The highest BCUT2D eigenvalue weighted by molar-refractivity contribution is 7.90. The molecule has 2 unspecified atom stereocenters. The minimum absolute atomic E-state index is 0.0989. The highest BCUT2D eigenvalue weighted by Crippen LogP contribution is 2.20. The molecule has 19 heavy (non-hydrogen) atoms. The van der Waals surface area contributed by atoms with Crippen molar-refractivity contribution < 1.29 is 17.9 Å². The van der Waals surface area contributed by atoms with E-state index < -0.39 is 9.84 Å².